The van der Waals surface area contributed by atoms with Gasteiger partial charge in [-0.2, -0.15) is 10.2 Å². The molecular weight excluding hydrogens is 412 g/mol. The quantitative estimate of drug-likeness (QED) is 0.162. The van der Waals surface area contributed by atoms with E-state index in [0.717, 1.165) is 17.4 Å². The van der Waals surface area contributed by atoms with Gasteiger partial charge in [0.05, 0.1) is 11.9 Å². The molecule has 1 fully saturated rings. The van der Waals surface area contributed by atoms with E-state index >= 15 is 0 Å². The summed E-state index contributed by atoms with van der Waals surface area (Å²) in [7, 11) is 0. The molecule has 1 unspecified atom stereocenters. The van der Waals surface area contributed by atoms with Gasteiger partial charge in [-0.05, 0) is 67.1 Å². The zero-order valence-electron chi connectivity index (χ0n) is 21.9. The van der Waals surface area contributed by atoms with E-state index in [1.54, 1.807) is 0 Å². The van der Waals surface area contributed by atoms with Crippen molar-refractivity contribution in [1.29, 1.82) is 0 Å². The summed E-state index contributed by atoms with van der Waals surface area (Å²) in [5.41, 5.74) is 4.95. The van der Waals surface area contributed by atoms with Crippen molar-refractivity contribution in [2.24, 2.45) is 28.0 Å². The second-order valence-electron chi connectivity index (χ2n) is 10.4. The Labute approximate surface area is 209 Å². The topological polar surface area (TPSA) is 24.7 Å². The lowest BCUT2D eigenvalue weighted by atomic mass is 9.73. The third kappa shape index (κ3) is 8.53. The number of rotatable bonds is 13. The zero-order valence-corrected chi connectivity index (χ0v) is 21.9. The molecule has 2 nitrogen and oxygen atoms in total. The Morgan fingerprint density at radius 3 is 2.24 bits per heavy atom. The molecule has 1 aliphatic rings. The van der Waals surface area contributed by atoms with Crippen LogP contribution in [0.1, 0.15) is 108 Å². The normalized spacial score (nSPS) is 20.0. The van der Waals surface area contributed by atoms with Gasteiger partial charge in [-0.1, -0.05) is 114 Å². The minimum Gasteiger partial charge on any atom is -0.158 e. The Morgan fingerprint density at radius 2 is 1.56 bits per heavy atom. The predicted molar refractivity (Wildman–Crippen MR) is 149 cm³/mol. The summed E-state index contributed by atoms with van der Waals surface area (Å²) in [4.78, 5) is 0. The maximum atomic E-state index is 4.81. The van der Waals surface area contributed by atoms with Crippen LogP contribution < -0.4 is 0 Å². The molecule has 0 spiro atoms. The Kier molecular flexibility index (Phi) is 11.6. The monoisotopic (exact) mass is 458 g/mol. The number of hydrogen-bond donors (Lipinski definition) is 0. The highest BCUT2D eigenvalue weighted by atomic mass is 15.2. The van der Waals surface area contributed by atoms with E-state index in [1.807, 2.05) is 6.21 Å². The van der Waals surface area contributed by atoms with Crippen molar-refractivity contribution in [1.82, 2.24) is 0 Å². The van der Waals surface area contributed by atoms with Crippen LogP contribution in [0, 0.1) is 17.8 Å². The van der Waals surface area contributed by atoms with Crippen LogP contribution in [0.25, 0.3) is 0 Å². The molecule has 1 aliphatic carbocycles. The summed E-state index contributed by atoms with van der Waals surface area (Å²) < 4.78 is 0. The third-order valence-electron chi connectivity index (χ3n) is 7.70. The van der Waals surface area contributed by atoms with Crippen molar-refractivity contribution in [3.8, 4) is 0 Å². The molecule has 0 radical (unpaired) electrons. The fraction of sp³-hybridized carbons (Fsp3) is 0.562. The molecule has 34 heavy (non-hydrogen) atoms. The first-order valence-electron chi connectivity index (χ1n) is 14.0. The lowest BCUT2D eigenvalue weighted by molar-refractivity contribution is 0.232. The van der Waals surface area contributed by atoms with Crippen molar-refractivity contribution in [3.63, 3.8) is 0 Å². The molecule has 1 atom stereocenters. The minimum absolute atomic E-state index is 0.514. The first-order valence-corrected chi connectivity index (χ1v) is 14.0. The molecule has 0 bridgehead atoms. The van der Waals surface area contributed by atoms with E-state index in [0.29, 0.717) is 5.92 Å². The Balaban J connectivity index is 1.61. The average molecular weight is 459 g/mol. The summed E-state index contributed by atoms with van der Waals surface area (Å²) in [6, 6.07) is 19.6. The summed E-state index contributed by atoms with van der Waals surface area (Å²) in [6.45, 7) is 7.03. The van der Waals surface area contributed by atoms with Crippen LogP contribution in [0.2, 0.25) is 0 Å². The standard InChI is InChI=1S/C32H46N2/c1-4-6-7-8-10-14-27-17-19-28(20-18-27)25-33-34-32(30-15-11-9-12-16-30)31-23-21-29(22-24-31)26(3)13-5-2/h9,11-12,15-20,25-26,29,31H,4-8,10,13-14,21-24H2,1-3H3. The van der Waals surface area contributed by atoms with Crippen molar-refractivity contribution in [3.05, 3.63) is 71.3 Å². The molecular formula is C32H46N2. The molecule has 3 rings (SSSR count). The number of nitrogens with zero attached hydrogens (tertiary/aromatic N) is 2. The molecule has 0 N–H and O–H groups in total. The number of benzene rings is 2. The molecule has 0 saturated heterocycles. The smallest absolute Gasteiger partial charge is 0.0733 e. The second kappa shape index (κ2) is 14.9. The molecule has 0 aromatic heterocycles. The highest BCUT2D eigenvalue weighted by Crippen LogP contribution is 2.36. The van der Waals surface area contributed by atoms with Crippen molar-refractivity contribution in [2.75, 3.05) is 0 Å². The molecule has 0 amide bonds. The van der Waals surface area contributed by atoms with E-state index in [-0.39, 0.29) is 0 Å². The van der Waals surface area contributed by atoms with Crippen molar-refractivity contribution in [2.45, 2.75) is 97.8 Å². The lowest BCUT2D eigenvalue weighted by Crippen LogP contribution is -2.25. The van der Waals surface area contributed by atoms with Crippen LogP contribution >= 0.6 is 0 Å². The summed E-state index contributed by atoms with van der Waals surface area (Å²) in [6.07, 6.45) is 17.5. The van der Waals surface area contributed by atoms with Gasteiger partial charge in [0, 0.05) is 5.92 Å². The van der Waals surface area contributed by atoms with Crippen LogP contribution in [0.3, 0.4) is 0 Å². The SMILES string of the molecule is CCCCCCCc1ccc(C=NN=C(c2ccccc2)C2CCC(C(C)CCC)CC2)cc1. The molecule has 2 heteroatoms. The van der Waals surface area contributed by atoms with Gasteiger partial charge in [-0.25, -0.2) is 0 Å². The minimum atomic E-state index is 0.514. The lowest BCUT2D eigenvalue weighted by Gasteiger charge is -2.32. The Hall–Kier alpha value is -2.22. The van der Waals surface area contributed by atoms with Gasteiger partial charge >= 0.3 is 0 Å². The van der Waals surface area contributed by atoms with E-state index in [9.17, 15) is 0 Å². The Bertz CT molecular complexity index is 858. The number of aryl methyl sites for hydroxylation is 1. The maximum Gasteiger partial charge on any atom is 0.0733 e. The number of hydrogen-bond acceptors (Lipinski definition) is 2. The van der Waals surface area contributed by atoms with Gasteiger partial charge < -0.3 is 0 Å². The van der Waals surface area contributed by atoms with E-state index in [4.69, 9.17) is 5.10 Å². The van der Waals surface area contributed by atoms with E-state index in [1.165, 1.54) is 93.9 Å². The van der Waals surface area contributed by atoms with Crippen LogP contribution in [0.4, 0.5) is 0 Å². The van der Waals surface area contributed by atoms with Crippen LogP contribution in [-0.4, -0.2) is 11.9 Å². The van der Waals surface area contributed by atoms with Crippen molar-refractivity contribution < 1.29 is 0 Å². The third-order valence-corrected chi connectivity index (χ3v) is 7.70. The molecule has 184 valence electrons. The molecule has 2 aromatic carbocycles. The average Bonchev–Trinajstić information content (AvgIpc) is 2.88. The fourth-order valence-corrected chi connectivity index (χ4v) is 5.50. The van der Waals surface area contributed by atoms with Gasteiger partial charge in [0.1, 0.15) is 0 Å². The highest BCUT2D eigenvalue weighted by Gasteiger charge is 2.28. The Morgan fingerprint density at radius 1 is 0.853 bits per heavy atom. The first kappa shape index (κ1) is 26.4. The van der Waals surface area contributed by atoms with Gasteiger partial charge in [0.25, 0.3) is 0 Å². The number of unbranched alkanes of at least 4 members (excludes halogenated alkanes) is 4. The van der Waals surface area contributed by atoms with Crippen molar-refractivity contribution >= 4 is 11.9 Å². The van der Waals surface area contributed by atoms with Crippen LogP contribution in [-0.2, 0) is 6.42 Å². The molecule has 0 aliphatic heterocycles. The van der Waals surface area contributed by atoms with Gasteiger partial charge in [0.2, 0.25) is 0 Å². The van der Waals surface area contributed by atoms with Gasteiger partial charge in [-0.15, -0.1) is 0 Å². The molecule has 1 saturated carbocycles. The maximum absolute atomic E-state index is 4.81. The zero-order chi connectivity index (χ0) is 24.0. The summed E-state index contributed by atoms with van der Waals surface area (Å²) in [5, 5.41) is 9.37. The molecule has 0 heterocycles. The largest absolute Gasteiger partial charge is 0.158 e. The fourth-order valence-electron chi connectivity index (χ4n) is 5.50. The molecule has 2 aromatic rings. The van der Waals surface area contributed by atoms with Crippen LogP contribution in [0.5, 0.6) is 0 Å². The van der Waals surface area contributed by atoms with E-state index < -0.39 is 0 Å². The highest BCUT2D eigenvalue weighted by molar-refractivity contribution is 6.02. The summed E-state index contributed by atoms with van der Waals surface area (Å²) in [5.74, 6) is 2.24. The van der Waals surface area contributed by atoms with Crippen LogP contribution in [0.15, 0.2) is 64.8 Å². The van der Waals surface area contributed by atoms with Gasteiger partial charge in [-0.3, -0.25) is 0 Å². The second-order valence-corrected chi connectivity index (χ2v) is 10.4. The van der Waals surface area contributed by atoms with E-state index in [2.05, 4.69) is 80.5 Å². The summed E-state index contributed by atoms with van der Waals surface area (Å²) >= 11 is 0. The van der Waals surface area contributed by atoms with Gasteiger partial charge in [0.15, 0.2) is 0 Å². The first-order chi connectivity index (χ1) is 16.7. The predicted octanol–water partition coefficient (Wildman–Crippen LogP) is 9.27.